The predicted octanol–water partition coefficient (Wildman–Crippen LogP) is 5.04. The molecule has 1 heterocycles. The Labute approximate surface area is 159 Å². The topological polar surface area (TPSA) is 46.9 Å². The first kappa shape index (κ1) is 18.1. The molecule has 0 saturated heterocycles. The van der Waals surface area contributed by atoms with Crippen molar-refractivity contribution in [3.63, 3.8) is 0 Å². The Kier molecular flexibility index (Phi) is 5.32. The van der Waals surface area contributed by atoms with Crippen LogP contribution < -0.4 is 5.32 Å². The van der Waals surface area contributed by atoms with Gasteiger partial charge in [0.05, 0.1) is 17.1 Å². The Morgan fingerprint density at radius 2 is 1.85 bits per heavy atom. The molecule has 132 valence electrons. The first-order valence-electron chi connectivity index (χ1n) is 8.01. The van der Waals surface area contributed by atoms with Crippen molar-refractivity contribution < 1.29 is 9.18 Å². The Hall–Kier alpha value is -2.73. The molecule has 0 radical (unpaired) electrons. The van der Waals surface area contributed by atoms with Crippen LogP contribution in [0.5, 0.6) is 0 Å². The number of nitrogens with zero attached hydrogens (tertiary/aromatic N) is 2. The largest absolute Gasteiger partial charge is 0.321 e. The molecule has 0 unspecified atom stereocenters. The van der Waals surface area contributed by atoms with Gasteiger partial charge in [-0.25, -0.2) is 9.07 Å². The number of nitrogens with one attached hydrogen (secondary N) is 1. The van der Waals surface area contributed by atoms with Gasteiger partial charge in [0.2, 0.25) is 5.91 Å². The smallest absolute Gasteiger partial charge is 0.248 e. The monoisotopic (exact) mass is 413 g/mol. The van der Waals surface area contributed by atoms with Crippen molar-refractivity contribution in [3.05, 3.63) is 81.8 Å². The fourth-order valence-electron chi connectivity index (χ4n) is 2.63. The summed E-state index contributed by atoms with van der Waals surface area (Å²) < 4.78 is 15.7. The first-order valence-corrected chi connectivity index (χ1v) is 8.81. The maximum atomic E-state index is 13.1. The van der Waals surface area contributed by atoms with Crippen molar-refractivity contribution in [1.82, 2.24) is 9.78 Å². The highest BCUT2D eigenvalue weighted by atomic mass is 79.9. The summed E-state index contributed by atoms with van der Waals surface area (Å²) in [7, 11) is 0. The fraction of sp³-hybridized carbons (Fsp3) is 0.100. The highest BCUT2D eigenvalue weighted by Gasteiger charge is 2.11. The van der Waals surface area contributed by atoms with Gasteiger partial charge in [0.25, 0.3) is 0 Å². The Balaban J connectivity index is 1.81. The molecule has 0 aliphatic heterocycles. The lowest BCUT2D eigenvalue weighted by atomic mass is 10.2. The van der Waals surface area contributed by atoms with E-state index in [-0.39, 0.29) is 11.7 Å². The Morgan fingerprint density at radius 3 is 2.54 bits per heavy atom. The van der Waals surface area contributed by atoms with Gasteiger partial charge in [-0.1, -0.05) is 12.1 Å². The van der Waals surface area contributed by atoms with E-state index in [2.05, 4.69) is 26.3 Å². The van der Waals surface area contributed by atoms with Crippen LogP contribution in [0.4, 0.5) is 10.1 Å². The number of carbonyl (C=O) groups is 1. The molecule has 26 heavy (non-hydrogen) atoms. The summed E-state index contributed by atoms with van der Waals surface area (Å²) in [6.07, 6.45) is 3.22. The normalized spacial score (nSPS) is 11.1. The molecule has 0 aliphatic carbocycles. The van der Waals surface area contributed by atoms with E-state index in [1.807, 2.05) is 38.1 Å². The van der Waals surface area contributed by atoms with Crippen LogP contribution in [-0.4, -0.2) is 15.7 Å². The average Bonchev–Trinajstić information content (AvgIpc) is 2.90. The number of carbonyl (C=O) groups excluding carboxylic acids is 1. The lowest BCUT2D eigenvalue weighted by molar-refractivity contribution is -0.111. The molecular formula is C20H17BrFN3O. The molecule has 0 fully saturated rings. The van der Waals surface area contributed by atoms with Crippen LogP contribution >= 0.6 is 15.9 Å². The van der Waals surface area contributed by atoms with Gasteiger partial charge in [0, 0.05) is 21.8 Å². The van der Waals surface area contributed by atoms with Gasteiger partial charge in [-0.2, -0.15) is 5.10 Å². The van der Waals surface area contributed by atoms with Crippen LogP contribution in [0, 0.1) is 19.7 Å². The molecule has 1 amide bonds. The van der Waals surface area contributed by atoms with Gasteiger partial charge >= 0.3 is 0 Å². The highest BCUT2D eigenvalue weighted by Crippen LogP contribution is 2.22. The molecule has 0 bridgehead atoms. The van der Waals surface area contributed by atoms with E-state index in [9.17, 15) is 9.18 Å². The summed E-state index contributed by atoms with van der Waals surface area (Å²) in [5.74, 6) is -0.524. The van der Waals surface area contributed by atoms with Gasteiger partial charge < -0.3 is 5.32 Å². The van der Waals surface area contributed by atoms with Gasteiger partial charge in [-0.05, 0) is 72.3 Å². The Bertz CT molecular complexity index is 977. The standard InChI is InChI=1S/C20H17BrFN3O/c1-13-17(11-12-20(26)23-19-6-4-3-5-18(19)21)14(2)25(24-13)16-9-7-15(22)8-10-16/h3-12H,1-2H3,(H,23,26)/b12-11+. The molecule has 0 aliphatic rings. The van der Waals surface area contributed by atoms with Crippen LogP contribution in [0.3, 0.4) is 0 Å². The van der Waals surface area contributed by atoms with E-state index in [4.69, 9.17) is 0 Å². The van der Waals surface area contributed by atoms with Crippen LogP contribution in [0.2, 0.25) is 0 Å². The van der Waals surface area contributed by atoms with Crippen molar-refractivity contribution >= 4 is 33.6 Å². The van der Waals surface area contributed by atoms with Gasteiger partial charge in [-0.3, -0.25) is 4.79 Å². The average molecular weight is 414 g/mol. The highest BCUT2D eigenvalue weighted by molar-refractivity contribution is 9.10. The van der Waals surface area contributed by atoms with Crippen LogP contribution in [0.1, 0.15) is 17.0 Å². The molecule has 3 aromatic rings. The summed E-state index contributed by atoms with van der Waals surface area (Å²) in [5, 5.41) is 7.31. The SMILES string of the molecule is Cc1nn(-c2ccc(F)cc2)c(C)c1/C=C/C(=O)Nc1ccccc1Br. The van der Waals surface area contributed by atoms with Crippen molar-refractivity contribution in [3.8, 4) is 5.69 Å². The van der Waals surface area contributed by atoms with E-state index >= 15 is 0 Å². The minimum atomic E-state index is -0.292. The fourth-order valence-corrected chi connectivity index (χ4v) is 3.01. The zero-order valence-electron chi connectivity index (χ0n) is 14.3. The number of para-hydroxylation sites is 1. The number of aromatic nitrogens is 2. The second kappa shape index (κ2) is 7.66. The molecule has 0 atom stereocenters. The maximum absolute atomic E-state index is 13.1. The lowest BCUT2D eigenvalue weighted by Gasteiger charge is -2.05. The lowest BCUT2D eigenvalue weighted by Crippen LogP contribution is -2.08. The van der Waals surface area contributed by atoms with Crippen LogP contribution in [0.15, 0.2) is 59.1 Å². The van der Waals surface area contributed by atoms with Crippen molar-refractivity contribution in [2.45, 2.75) is 13.8 Å². The van der Waals surface area contributed by atoms with Gasteiger partial charge in [0.15, 0.2) is 0 Å². The van der Waals surface area contributed by atoms with Gasteiger partial charge in [-0.15, -0.1) is 0 Å². The van der Waals surface area contributed by atoms with E-state index < -0.39 is 0 Å². The number of anilines is 1. The summed E-state index contributed by atoms with van der Waals surface area (Å²) in [6, 6.07) is 13.5. The zero-order valence-corrected chi connectivity index (χ0v) is 15.9. The number of halogens is 2. The minimum Gasteiger partial charge on any atom is -0.321 e. The van der Waals surface area contributed by atoms with Crippen LogP contribution in [-0.2, 0) is 4.79 Å². The molecular weight excluding hydrogens is 397 g/mol. The predicted molar refractivity (Wildman–Crippen MR) is 105 cm³/mol. The Morgan fingerprint density at radius 1 is 1.15 bits per heavy atom. The quantitative estimate of drug-likeness (QED) is 0.608. The van der Waals surface area contributed by atoms with Gasteiger partial charge in [0.1, 0.15) is 5.82 Å². The molecule has 3 rings (SSSR count). The van der Waals surface area contributed by atoms with Crippen molar-refractivity contribution in [2.75, 3.05) is 5.32 Å². The summed E-state index contributed by atoms with van der Waals surface area (Å²) in [4.78, 5) is 12.2. The molecule has 6 heteroatoms. The molecule has 2 aromatic carbocycles. The number of benzene rings is 2. The molecule has 1 N–H and O–H groups in total. The van der Waals surface area contributed by atoms with E-state index in [1.165, 1.54) is 18.2 Å². The first-order chi connectivity index (χ1) is 12.5. The second-order valence-corrected chi connectivity index (χ2v) is 6.63. The summed E-state index contributed by atoms with van der Waals surface area (Å²) in [5.41, 5.74) is 3.99. The number of hydrogen-bond acceptors (Lipinski definition) is 2. The third kappa shape index (κ3) is 3.91. The second-order valence-electron chi connectivity index (χ2n) is 5.78. The molecule has 4 nitrogen and oxygen atoms in total. The van der Waals surface area contributed by atoms with Crippen molar-refractivity contribution in [2.24, 2.45) is 0 Å². The number of amides is 1. The summed E-state index contributed by atoms with van der Waals surface area (Å²) in [6.45, 7) is 3.78. The molecule has 0 saturated carbocycles. The zero-order chi connectivity index (χ0) is 18.7. The summed E-state index contributed by atoms with van der Waals surface area (Å²) >= 11 is 3.40. The van der Waals surface area contributed by atoms with E-state index in [0.717, 1.165) is 27.1 Å². The minimum absolute atomic E-state index is 0.231. The van der Waals surface area contributed by atoms with E-state index in [1.54, 1.807) is 22.9 Å². The number of aryl methyl sites for hydroxylation is 1. The van der Waals surface area contributed by atoms with Crippen molar-refractivity contribution in [1.29, 1.82) is 0 Å². The van der Waals surface area contributed by atoms with E-state index in [0.29, 0.717) is 5.69 Å². The third-order valence-electron chi connectivity index (χ3n) is 3.95. The molecule has 0 spiro atoms. The third-order valence-corrected chi connectivity index (χ3v) is 4.64. The molecule has 1 aromatic heterocycles. The number of rotatable bonds is 4. The number of hydrogen-bond donors (Lipinski definition) is 1. The maximum Gasteiger partial charge on any atom is 0.248 e. The van der Waals surface area contributed by atoms with Crippen LogP contribution in [0.25, 0.3) is 11.8 Å².